The Hall–Kier alpha value is -0.960. The summed E-state index contributed by atoms with van der Waals surface area (Å²) in [5, 5.41) is 17.7. The first-order chi connectivity index (χ1) is 8.16. The summed E-state index contributed by atoms with van der Waals surface area (Å²) in [5.74, 6) is -2.19. The van der Waals surface area contributed by atoms with Gasteiger partial charge in [-0.15, -0.1) is 11.8 Å². The first kappa shape index (κ1) is 15.1. The number of carbonyl (C=O) groups excluding carboxylic acids is 1. The van der Waals surface area contributed by atoms with Crippen LogP contribution in [0.2, 0.25) is 0 Å². The number of likely N-dealkylation sites (tertiary alicyclic amines) is 1. The SMILES string of the molecule is O=C(O)CSCC(=O)N1CCC(O)(C(F)(F)F)C1. The number of carboxylic acid groups (broad SMARTS) is 1. The molecule has 0 radical (unpaired) electrons. The van der Waals surface area contributed by atoms with Crippen molar-refractivity contribution in [3.63, 3.8) is 0 Å². The number of hydrogen-bond acceptors (Lipinski definition) is 4. The number of hydrogen-bond donors (Lipinski definition) is 2. The van der Waals surface area contributed by atoms with E-state index < -0.39 is 36.6 Å². The molecule has 104 valence electrons. The average molecular weight is 287 g/mol. The summed E-state index contributed by atoms with van der Waals surface area (Å²) in [6, 6.07) is 0. The highest BCUT2D eigenvalue weighted by Crippen LogP contribution is 2.37. The number of carbonyl (C=O) groups is 2. The number of halogens is 3. The Morgan fingerprint density at radius 2 is 1.94 bits per heavy atom. The molecule has 0 aromatic carbocycles. The van der Waals surface area contributed by atoms with Gasteiger partial charge in [0.05, 0.1) is 18.1 Å². The van der Waals surface area contributed by atoms with E-state index in [0.717, 1.165) is 16.7 Å². The van der Waals surface area contributed by atoms with Gasteiger partial charge < -0.3 is 15.1 Å². The number of thioether (sulfide) groups is 1. The quantitative estimate of drug-likeness (QED) is 0.779. The summed E-state index contributed by atoms with van der Waals surface area (Å²) < 4.78 is 37.4. The highest BCUT2D eigenvalue weighted by Gasteiger charge is 2.57. The van der Waals surface area contributed by atoms with E-state index >= 15 is 0 Å². The second-order valence-electron chi connectivity index (χ2n) is 3.98. The zero-order valence-corrected chi connectivity index (χ0v) is 10.1. The van der Waals surface area contributed by atoms with Crippen LogP contribution in [0, 0.1) is 0 Å². The highest BCUT2D eigenvalue weighted by molar-refractivity contribution is 8.00. The van der Waals surface area contributed by atoms with Crippen molar-refractivity contribution in [1.82, 2.24) is 4.90 Å². The van der Waals surface area contributed by atoms with Crippen LogP contribution in [-0.4, -0.2) is 63.4 Å². The van der Waals surface area contributed by atoms with E-state index in [0.29, 0.717) is 0 Å². The summed E-state index contributed by atoms with van der Waals surface area (Å²) in [6.45, 7) is -0.967. The molecule has 2 N–H and O–H groups in total. The predicted molar refractivity (Wildman–Crippen MR) is 57.2 cm³/mol. The van der Waals surface area contributed by atoms with Crippen LogP contribution in [0.5, 0.6) is 0 Å². The first-order valence-corrected chi connectivity index (χ1v) is 6.17. The smallest absolute Gasteiger partial charge is 0.419 e. The fourth-order valence-corrected chi connectivity index (χ4v) is 2.19. The molecule has 1 atom stereocenters. The molecule has 0 bridgehead atoms. The van der Waals surface area contributed by atoms with Crippen LogP contribution in [-0.2, 0) is 9.59 Å². The Bertz CT molecular complexity index is 349. The number of alkyl halides is 3. The largest absolute Gasteiger partial charge is 0.481 e. The molecule has 1 heterocycles. The molecule has 1 fully saturated rings. The van der Waals surface area contributed by atoms with Crippen LogP contribution in [0.25, 0.3) is 0 Å². The van der Waals surface area contributed by atoms with Crippen LogP contribution < -0.4 is 0 Å². The van der Waals surface area contributed by atoms with Crippen LogP contribution in [0.15, 0.2) is 0 Å². The van der Waals surface area contributed by atoms with Gasteiger partial charge in [0.15, 0.2) is 5.60 Å². The normalized spacial score (nSPS) is 24.3. The van der Waals surface area contributed by atoms with Crippen LogP contribution >= 0.6 is 11.8 Å². The molecular weight excluding hydrogens is 275 g/mol. The molecule has 0 saturated carbocycles. The minimum atomic E-state index is -4.77. The number of nitrogens with zero attached hydrogens (tertiary/aromatic N) is 1. The fourth-order valence-electron chi connectivity index (χ4n) is 1.55. The Morgan fingerprint density at radius 1 is 1.33 bits per heavy atom. The van der Waals surface area contributed by atoms with E-state index in [1.54, 1.807) is 0 Å². The second kappa shape index (κ2) is 5.35. The standard InChI is InChI=1S/C9H12F3NO4S/c10-9(11,12)8(17)1-2-13(5-8)6(14)3-18-4-7(15)16/h17H,1-5H2,(H,15,16). The molecule has 5 nitrogen and oxygen atoms in total. The van der Waals surface area contributed by atoms with E-state index in [2.05, 4.69) is 0 Å². The van der Waals surface area contributed by atoms with E-state index in [4.69, 9.17) is 5.11 Å². The highest BCUT2D eigenvalue weighted by atomic mass is 32.2. The number of amides is 1. The van der Waals surface area contributed by atoms with Gasteiger partial charge >= 0.3 is 12.1 Å². The third-order valence-electron chi connectivity index (χ3n) is 2.58. The van der Waals surface area contributed by atoms with Gasteiger partial charge in [-0.25, -0.2) is 0 Å². The zero-order valence-electron chi connectivity index (χ0n) is 9.24. The van der Waals surface area contributed by atoms with Gasteiger partial charge in [-0.05, 0) is 0 Å². The molecule has 1 amide bonds. The summed E-state index contributed by atoms with van der Waals surface area (Å²) in [5.41, 5.74) is -2.85. The minimum Gasteiger partial charge on any atom is -0.481 e. The van der Waals surface area contributed by atoms with Crippen molar-refractivity contribution in [1.29, 1.82) is 0 Å². The molecule has 9 heteroatoms. The van der Waals surface area contributed by atoms with Crippen LogP contribution in [0.3, 0.4) is 0 Å². The lowest BCUT2D eigenvalue weighted by molar-refractivity contribution is -0.253. The van der Waals surface area contributed by atoms with Crippen molar-refractivity contribution >= 4 is 23.6 Å². The van der Waals surface area contributed by atoms with Crippen LogP contribution in [0.1, 0.15) is 6.42 Å². The molecule has 1 aliphatic heterocycles. The number of aliphatic hydroxyl groups is 1. The monoisotopic (exact) mass is 287 g/mol. The second-order valence-corrected chi connectivity index (χ2v) is 4.97. The third-order valence-corrected chi connectivity index (χ3v) is 3.48. The summed E-state index contributed by atoms with van der Waals surface area (Å²) in [7, 11) is 0. The van der Waals surface area contributed by atoms with Gasteiger partial charge in [-0.1, -0.05) is 0 Å². The summed E-state index contributed by atoms with van der Waals surface area (Å²) >= 11 is 0.810. The van der Waals surface area contributed by atoms with Gasteiger partial charge in [0.1, 0.15) is 0 Å². The van der Waals surface area contributed by atoms with Gasteiger partial charge in [0, 0.05) is 13.0 Å². The molecule has 18 heavy (non-hydrogen) atoms. The molecule has 1 saturated heterocycles. The number of aliphatic carboxylic acids is 1. The molecule has 0 aliphatic carbocycles. The van der Waals surface area contributed by atoms with Gasteiger partial charge in [-0.2, -0.15) is 13.2 Å². The zero-order chi connectivity index (χ0) is 14.0. The molecule has 1 aliphatic rings. The van der Waals surface area contributed by atoms with Gasteiger partial charge in [0.25, 0.3) is 0 Å². The summed E-state index contributed by atoms with van der Waals surface area (Å²) in [4.78, 5) is 22.6. The van der Waals surface area contributed by atoms with Crippen molar-refractivity contribution < 1.29 is 33.0 Å². The Labute approximate surface area is 105 Å². The number of β-amino-alcohol motifs (C(OH)–C–C–N with tert-alkyl or cyclic N) is 1. The summed E-state index contributed by atoms with van der Waals surface area (Å²) in [6.07, 6.45) is -5.32. The van der Waals surface area contributed by atoms with Gasteiger partial charge in [-0.3, -0.25) is 9.59 Å². The Kier molecular flexibility index (Phi) is 4.49. The predicted octanol–water partition coefficient (Wildman–Crippen LogP) is 0.330. The maximum absolute atomic E-state index is 12.5. The maximum Gasteiger partial charge on any atom is 0.419 e. The Morgan fingerprint density at radius 3 is 2.39 bits per heavy atom. The topological polar surface area (TPSA) is 77.8 Å². The lowest BCUT2D eigenvalue weighted by Gasteiger charge is -2.25. The lowest BCUT2D eigenvalue weighted by Crippen LogP contribution is -2.48. The molecule has 1 unspecified atom stereocenters. The van der Waals surface area contributed by atoms with Crippen molar-refractivity contribution in [3.05, 3.63) is 0 Å². The van der Waals surface area contributed by atoms with Gasteiger partial charge in [0.2, 0.25) is 5.91 Å². The Balaban J connectivity index is 2.47. The molecular formula is C9H12F3NO4S. The molecule has 0 spiro atoms. The first-order valence-electron chi connectivity index (χ1n) is 5.02. The fraction of sp³-hybridized carbons (Fsp3) is 0.778. The van der Waals surface area contributed by atoms with E-state index in [9.17, 15) is 27.9 Å². The van der Waals surface area contributed by atoms with Crippen molar-refractivity contribution in [2.24, 2.45) is 0 Å². The maximum atomic E-state index is 12.5. The van der Waals surface area contributed by atoms with Crippen molar-refractivity contribution in [2.45, 2.75) is 18.2 Å². The van der Waals surface area contributed by atoms with E-state index in [1.165, 1.54) is 0 Å². The lowest BCUT2D eigenvalue weighted by atomic mass is 10.0. The van der Waals surface area contributed by atoms with Crippen molar-refractivity contribution in [3.8, 4) is 0 Å². The van der Waals surface area contributed by atoms with E-state index in [1.807, 2.05) is 0 Å². The van der Waals surface area contributed by atoms with Crippen LogP contribution in [0.4, 0.5) is 13.2 Å². The third kappa shape index (κ3) is 3.52. The number of rotatable bonds is 4. The number of carboxylic acids is 1. The molecule has 1 rings (SSSR count). The molecule has 0 aromatic heterocycles. The minimum absolute atomic E-state index is 0.178. The van der Waals surface area contributed by atoms with Crippen molar-refractivity contribution in [2.75, 3.05) is 24.6 Å². The van der Waals surface area contributed by atoms with E-state index in [-0.39, 0.29) is 18.1 Å². The molecule has 0 aromatic rings. The average Bonchev–Trinajstić information content (AvgIpc) is 2.60.